The van der Waals surface area contributed by atoms with E-state index in [2.05, 4.69) is 21.2 Å². The average Bonchev–Trinajstić information content (AvgIpc) is 2.07. The lowest BCUT2D eigenvalue weighted by atomic mass is 10.2. The highest BCUT2D eigenvalue weighted by Gasteiger charge is 2.07. The van der Waals surface area contributed by atoms with E-state index in [-0.39, 0.29) is 5.56 Å². The quantitative estimate of drug-likeness (QED) is 0.753. The predicted octanol–water partition coefficient (Wildman–Crippen LogP) is 1.64. The number of carboxylic acid groups (broad SMARTS) is 1. The number of nitrogens with one attached hydrogen (secondary N) is 1. The van der Waals surface area contributed by atoms with Gasteiger partial charge in [0.15, 0.2) is 0 Å². The van der Waals surface area contributed by atoms with Crippen LogP contribution in [0, 0.1) is 0 Å². The molecule has 0 heterocycles. The number of carbonyl (C=O) groups excluding carboxylic acids is 1. The number of amides is 2. The van der Waals surface area contributed by atoms with Gasteiger partial charge in [0, 0.05) is 4.47 Å². The Labute approximate surface area is 88.0 Å². The molecule has 14 heavy (non-hydrogen) atoms. The van der Waals surface area contributed by atoms with Crippen molar-refractivity contribution < 1.29 is 14.7 Å². The van der Waals surface area contributed by atoms with Gasteiger partial charge in [-0.3, -0.25) is 0 Å². The van der Waals surface area contributed by atoms with Crippen LogP contribution in [0.25, 0.3) is 0 Å². The molecule has 0 atom stereocenters. The molecule has 4 N–H and O–H groups in total. The number of anilines is 1. The van der Waals surface area contributed by atoms with E-state index in [1.165, 1.54) is 18.2 Å². The SMILES string of the molecule is NC(=O)Nc1cc(C(=O)O)ccc1Br. The lowest BCUT2D eigenvalue weighted by molar-refractivity contribution is 0.0697. The van der Waals surface area contributed by atoms with Gasteiger partial charge in [0.05, 0.1) is 11.3 Å². The van der Waals surface area contributed by atoms with Gasteiger partial charge >= 0.3 is 12.0 Å². The van der Waals surface area contributed by atoms with Crippen LogP contribution in [0.15, 0.2) is 22.7 Å². The van der Waals surface area contributed by atoms with Gasteiger partial charge in [-0.2, -0.15) is 0 Å². The molecule has 74 valence electrons. The highest BCUT2D eigenvalue weighted by Crippen LogP contribution is 2.23. The Balaban J connectivity index is 3.08. The number of rotatable bonds is 2. The van der Waals surface area contributed by atoms with E-state index in [9.17, 15) is 9.59 Å². The average molecular weight is 259 g/mol. The Bertz CT molecular complexity index is 392. The molecular formula is C8H7BrN2O3. The van der Waals surface area contributed by atoms with E-state index in [4.69, 9.17) is 10.8 Å². The number of primary amides is 1. The molecule has 0 aromatic heterocycles. The van der Waals surface area contributed by atoms with E-state index in [0.29, 0.717) is 10.2 Å². The van der Waals surface area contributed by atoms with E-state index >= 15 is 0 Å². The molecule has 6 heteroatoms. The number of carboxylic acids is 1. The number of urea groups is 1. The van der Waals surface area contributed by atoms with Crippen LogP contribution in [0.2, 0.25) is 0 Å². The van der Waals surface area contributed by atoms with Crippen LogP contribution < -0.4 is 11.1 Å². The van der Waals surface area contributed by atoms with Gasteiger partial charge in [-0.05, 0) is 34.1 Å². The molecule has 0 spiro atoms. The summed E-state index contributed by atoms with van der Waals surface area (Å²) in [5.41, 5.74) is 5.31. The minimum atomic E-state index is -1.06. The maximum absolute atomic E-state index is 10.6. The number of carbonyl (C=O) groups is 2. The van der Waals surface area contributed by atoms with Crippen LogP contribution in [-0.2, 0) is 0 Å². The van der Waals surface area contributed by atoms with Crippen molar-refractivity contribution in [2.24, 2.45) is 5.73 Å². The smallest absolute Gasteiger partial charge is 0.335 e. The maximum Gasteiger partial charge on any atom is 0.335 e. The number of nitrogens with two attached hydrogens (primary N) is 1. The fraction of sp³-hybridized carbons (Fsp3) is 0. The Morgan fingerprint density at radius 1 is 1.43 bits per heavy atom. The van der Waals surface area contributed by atoms with E-state index in [1.807, 2.05) is 0 Å². The summed E-state index contributed by atoms with van der Waals surface area (Å²) in [4.78, 5) is 21.1. The second-order valence-electron chi connectivity index (χ2n) is 2.49. The first-order valence-electron chi connectivity index (χ1n) is 3.60. The van der Waals surface area contributed by atoms with Crippen LogP contribution in [0.3, 0.4) is 0 Å². The molecule has 0 radical (unpaired) electrons. The molecule has 0 saturated carbocycles. The number of aromatic carboxylic acids is 1. The number of halogens is 1. The molecule has 0 unspecified atom stereocenters. The second-order valence-corrected chi connectivity index (χ2v) is 3.34. The zero-order valence-corrected chi connectivity index (χ0v) is 8.54. The number of benzene rings is 1. The third-order valence-electron chi connectivity index (χ3n) is 1.47. The zero-order valence-electron chi connectivity index (χ0n) is 6.95. The van der Waals surface area contributed by atoms with E-state index < -0.39 is 12.0 Å². The predicted molar refractivity (Wildman–Crippen MR) is 54.3 cm³/mol. The van der Waals surface area contributed by atoms with Gasteiger partial charge in [-0.15, -0.1) is 0 Å². The second kappa shape index (κ2) is 4.10. The lowest BCUT2D eigenvalue weighted by Gasteiger charge is -2.05. The van der Waals surface area contributed by atoms with Gasteiger partial charge in [-0.1, -0.05) is 0 Å². The third kappa shape index (κ3) is 2.46. The molecule has 1 aromatic rings. The first-order valence-corrected chi connectivity index (χ1v) is 4.39. The summed E-state index contributed by atoms with van der Waals surface area (Å²) >= 11 is 3.14. The molecule has 0 bridgehead atoms. The molecule has 0 aliphatic carbocycles. The topological polar surface area (TPSA) is 92.4 Å². The minimum Gasteiger partial charge on any atom is -0.478 e. The standard InChI is InChI=1S/C8H7BrN2O3/c9-5-2-1-4(7(12)13)3-6(5)11-8(10)14/h1-3H,(H,12,13)(H3,10,11,14). The Morgan fingerprint density at radius 2 is 2.07 bits per heavy atom. The molecule has 0 saturated heterocycles. The summed E-state index contributed by atoms with van der Waals surface area (Å²) in [6.07, 6.45) is 0. The first-order chi connectivity index (χ1) is 6.50. The van der Waals surface area contributed by atoms with Crippen molar-refractivity contribution in [1.29, 1.82) is 0 Å². The van der Waals surface area contributed by atoms with Crippen LogP contribution >= 0.6 is 15.9 Å². The minimum absolute atomic E-state index is 0.0805. The van der Waals surface area contributed by atoms with Crippen molar-refractivity contribution in [2.45, 2.75) is 0 Å². The maximum atomic E-state index is 10.6. The fourth-order valence-electron chi connectivity index (χ4n) is 0.887. The van der Waals surface area contributed by atoms with Crippen molar-refractivity contribution in [3.05, 3.63) is 28.2 Å². The van der Waals surface area contributed by atoms with E-state index in [1.54, 1.807) is 0 Å². The Morgan fingerprint density at radius 3 is 2.57 bits per heavy atom. The Hall–Kier alpha value is -1.56. The molecule has 0 aliphatic rings. The molecule has 0 fully saturated rings. The summed E-state index contributed by atoms with van der Waals surface area (Å²) in [6.45, 7) is 0. The third-order valence-corrected chi connectivity index (χ3v) is 2.16. The Kier molecular flexibility index (Phi) is 3.08. The molecule has 1 aromatic carbocycles. The summed E-state index contributed by atoms with van der Waals surface area (Å²) in [5.74, 6) is -1.06. The van der Waals surface area contributed by atoms with E-state index in [0.717, 1.165) is 0 Å². The van der Waals surface area contributed by atoms with Crippen molar-refractivity contribution in [3.63, 3.8) is 0 Å². The summed E-state index contributed by atoms with van der Waals surface area (Å²) in [6, 6.07) is 3.51. The number of hydrogen-bond acceptors (Lipinski definition) is 2. The summed E-state index contributed by atoms with van der Waals surface area (Å²) < 4.78 is 0.571. The van der Waals surface area contributed by atoms with Gasteiger partial charge in [-0.25, -0.2) is 9.59 Å². The lowest BCUT2D eigenvalue weighted by Crippen LogP contribution is -2.19. The molecule has 5 nitrogen and oxygen atoms in total. The van der Waals surface area contributed by atoms with Crippen molar-refractivity contribution >= 4 is 33.6 Å². The van der Waals surface area contributed by atoms with Crippen LogP contribution in [0.4, 0.5) is 10.5 Å². The summed E-state index contributed by atoms with van der Waals surface area (Å²) in [7, 11) is 0. The fourth-order valence-corrected chi connectivity index (χ4v) is 1.23. The van der Waals surface area contributed by atoms with Crippen LogP contribution in [0.1, 0.15) is 10.4 Å². The van der Waals surface area contributed by atoms with Gasteiger partial charge in [0.1, 0.15) is 0 Å². The number of hydrogen-bond donors (Lipinski definition) is 3. The molecule has 0 aliphatic heterocycles. The van der Waals surface area contributed by atoms with Crippen molar-refractivity contribution in [2.75, 3.05) is 5.32 Å². The van der Waals surface area contributed by atoms with Crippen LogP contribution in [-0.4, -0.2) is 17.1 Å². The molecule has 1 rings (SSSR count). The van der Waals surface area contributed by atoms with Gasteiger partial charge in [0.25, 0.3) is 0 Å². The molecular weight excluding hydrogens is 252 g/mol. The molecule has 2 amide bonds. The first kappa shape index (κ1) is 10.5. The summed E-state index contributed by atoms with van der Waals surface area (Å²) in [5, 5.41) is 11.0. The highest BCUT2D eigenvalue weighted by molar-refractivity contribution is 9.10. The van der Waals surface area contributed by atoms with Crippen molar-refractivity contribution in [3.8, 4) is 0 Å². The van der Waals surface area contributed by atoms with Gasteiger partial charge in [0.2, 0.25) is 0 Å². The zero-order chi connectivity index (χ0) is 10.7. The largest absolute Gasteiger partial charge is 0.478 e. The monoisotopic (exact) mass is 258 g/mol. The van der Waals surface area contributed by atoms with Crippen molar-refractivity contribution in [1.82, 2.24) is 0 Å². The highest BCUT2D eigenvalue weighted by atomic mass is 79.9. The normalized spacial score (nSPS) is 9.50. The van der Waals surface area contributed by atoms with Gasteiger partial charge < -0.3 is 16.2 Å². The van der Waals surface area contributed by atoms with Crippen LogP contribution in [0.5, 0.6) is 0 Å².